The molecule has 0 bridgehead atoms. The standard InChI is InChI=1S/C12H18N4O3S/c1-3-4-13-11-7-9(10(8-15-11)16(18)19)12(17)14-5-6-20-2/h7-8H,3-6H2,1-2H3,(H,13,15)(H,14,17). The van der Waals surface area contributed by atoms with Crippen molar-refractivity contribution >= 4 is 29.2 Å². The maximum Gasteiger partial charge on any atom is 0.300 e. The number of nitrogens with zero attached hydrogens (tertiary/aromatic N) is 2. The topological polar surface area (TPSA) is 97.2 Å². The van der Waals surface area contributed by atoms with Gasteiger partial charge in [-0.15, -0.1) is 0 Å². The molecular formula is C12H18N4O3S. The molecule has 1 aromatic rings. The summed E-state index contributed by atoms with van der Waals surface area (Å²) in [6.07, 6.45) is 3.93. The molecule has 1 heterocycles. The summed E-state index contributed by atoms with van der Waals surface area (Å²) in [5.74, 6) is 0.770. The van der Waals surface area contributed by atoms with Crippen LogP contribution in [0.2, 0.25) is 0 Å². The minimum absolute atomic E-state index is 0.0321. The second-order valence-corrected chi connectivity index (χ2v) is 5.00. The number of anilines is 1. The fraction of sp³-hybridized carbons (Fsp3) is 0.500. The zero-order valence-electron chi connectivity index (χ0n) is 11.5. The van der Waals surface area contributed by atoms with Gasteiger partial charge in [-0.25, -0.2) is 4.98 Å². The van der Waals surface area contributed by atoms with E-state index < -0.39 is 10.8 Å². The molecule has 0 saturated carbocycles. The van der Waals surface area contributed by atoms with Crippen molar-refractivity contribution in [2.45, 2.75) is 13.3 Å². The quantitative estimate of drug-likeness (QED) is 0.432. The summed E-state index contributed by atoms with van der Waals surface area (Å²) >= 11 is 1.59. The van der Waals surface area contributed by atoms with E-state index in [4.69, 9.17) is 0 Å². The van der Waals surface area contributed by atoms with Crippen LogP contribution in [0.5, 0.6) is 0 Å². The van der Waals surface area contributed by atoms with Gasteiger partial charge in [0.2, 0.25) is 0 Å². The van der Waals surface area contributed by atoms with Crippen molar-refractivity contribution < 1.29 is 9.72 Å². The Balaban J connectivity index is 2.93. The van der Waals surface area contributed by atoms with Gasteiger partial charge in [0.25, 0.3) is 11.6 Å². The predicted molar refractivity (Wildman–Crippen MR) is 80.4 cm³/mol. The molecule has 0 fully saturated rings. The van der Waals surface area contributed by atoms with Gasteiger partial charge in [-0.05, 0) is 12.7 Å². The van der Waals surface area contributed by atoms with Gasteiger partial charge < -0.3 is 10.6 Å². The first kappa shape index (κ1) is 16.2. The number of amides is 1. The van der Waals surface area contributed by atoms with E-state index in [-0.39, 0.29) is 11.3 Å². The molecule has 0 aromatic carbocycles. The van der Waals surface area contributed by atoms with Gasteiger partial charge in [0, 0.05) is 24.9 Å². The fourth-order valence-corrected chi connectivity index (χ4v) is 1.79. The molecule has 0 atom stereocenters. The summed E-state index contributed by atoms with van der Waals surface area (Å²) in [6.45, 7) is 3.16. The van der Waals surface area contributed by atoms with Crippen molar-refractivity contribution in [3.63, 3.8) is 0 Å². The molecule has 2 N–H and O–H groups in total. The van der Waals surface area contributed by atoms with Crippen LogP contribution < -0.4 is 10.6 Å². The van der Waals surface area contributed by atoms with Crippen LogP contribution >= 0.6 is 11.8 Å². The van der Waals surface area contributed by atoms with Crippen molar-refractivity contribution in [1.82, 2.24) is 10.3 Å². The molecular weight excluding hydrogens is 280 g/mol. The molecule has 20 heavy (non-hydrogen) atoms. The predicted octanol–water partition coefficient (Wildman–Crippen LogP) is 1.90. The molecule has 1 rings (SSSR count). The summed E-state index contributed by atoms with van der Waals surface area (Å²) < 4.78 is 0. The number of nitro groups is 1. The lowest BCUT2D eigenvalue weighted by Gasteiger charge is -2.08. The average Bonchev–Trinajstić information content (AvgIpc) is 2.44. The molecule has 0 radical (unpaired) electrons. The Bertz CT molecular complexity index is 482. The Hall–Kier alpha value is -1.83. The number of hydrogen-bond donors (Lipinski definition) is 2. The van der Waals surface area contributed by atoms with Crippen LogP contribution in [0.25, 0.3) is 0 Å². The lowest BCUT2D eigenvalue weighted by molar-refractivity contribution is -0.385. The Morgan fingerprint density at radius 3 is 2.85 bits per heavy atom. The summed E-state index contributed by atoms with van der Waals surface area (Å²) in [5.41, 5.74) is -0.251. The summed E-state index contributed by atoms with van der Waals surface area (Å²) in [7, 11) is 0. The number of aromatic nitrogens is 1. The van der Waals surface area contributed by atoms with Gasteiger partial charge in [0.05, 0.1) is 4.92 Å². The van der Waals surface area contributed by atoms with Crippen LogP contribution in [-0.4, -0.2) is 40.9 Å². The van der Waals surface area contributed by atoms with Gasteiger partial charge in [-0.2, -0.15) is 11.8 Å². The third-order valence-electron chi connectivity index (χ3n) is 2.47. The van der Waals surface area contributed by atoms with Crippen molar-refractivity contribution in [1.29, 1.82) is 0 Å². The second-order valence-electron chi connectivity index (χ2n) is 4.02. The maximum atomic E-state index is 12.0. The zero-order valence-corrected chi connectivity index (χ0v) is 12.3. The molecule has 7 nitrogen and oxygen atoms in total. The Kier molecular flexibility index (Phi) is 6.78. The number of hydrogen-bond acceptors (Lipinski definition) is 6. The third-order valence-corrected chi connectivity index (χ3v) is 3.08. The molecule has 110 valence electrons. The summed E-state index contributed by atoms with van der Waals surface area (Å²) in [6, 6.07) is 1.42. The molecule has 0 aliphatic carbocycles. The zero-order chi connectivity index (χ0) is 15.0. The van der Waals surface area contributed by atoms with E-state index in [1.165, 1.54) is 6.07 Å². The molecule has 0 unspecified atom stereocenters. The highest BCUT2D eigenvalue weighted by atomic mass is 32.2. The SMILES string of the molecule is CCCNc1cc(C(=O)NCCSC)c([N+](=O)[O-])cn1. The monoisotopic (exact) mass is 298 g/mol. The number of nitrogens with one attached hydrogen (secondary N) is 2. The number of thioether (sulfide) groups is 1. The van der Waals surface area contributed by atoms with E-state index in [1.807, 2.05) is 13.2 Å². The number of carbonyl (C=O) groups excluding carboxylic acids is 1. The van der Waals surface area contributed by atoms with Crippen LogP contribution in [0.4, 0.5) is 11.5 Å². The van der Waals surface area contributed by atoms with E-state index in [2.05, 4.69) is 15.6 Å². The van der Waals surface area contributed by atoms with E-state index in [9.17, 15) is 14.9 Å². The lowest BCUT2D eigenvalue weighted by Crippen LogP contribution is -2.26. The minimum atomic E-state index is -0.597. The number of pyridine rings is 1. The molecule has 1 aromatic heterocycles. The maximum absolute atomic E-state index is 12.0. The van der Waals surface area contributed by atoms with Crippen LogP contribution in [0.15, 0.2) is 12.3 Å². The fourth-order valence-electron chi connectivity index (χ4n) is 1.49. The van der Waals surface area contributed by atoms with Crippen LogP contribution in [0, 0.1) is 10.1 Å². The smallest absolute Gasteiger partial charge is 0.300 e. The number of rotatable bonds is 8. The first-order valence-electron chi connectivity index (χ1n) is 6.25. The van der Waals surface area contributed by atoms with Gasteiger partial charge in [-0.3, -0.25) is 14.9 Å². The van der Waals surface area contributed by atoms with Crippen molar-refractivity contribution in [3.05, 3.63) is 27.9 Å². The van der Waals surface area contributed by atoms with Gasteiger partial charge in [0.15, 0.2) is 0 Å². The minimum Gasteiger partial charge on any atom is -0.370 e. The highest BCUT2D eigenvalue weighted by Crippen LogP contribution is 2.20. The first-order chi connectivity index (χ1) is 9.60. The van der Waals surface area contributed by atoms with Crippen molar-refractivity contribution in [3.8, 4) is 0 Å². The Morgan fingerprint density at radius 1 is 1.50 bits per heavy atom. The number of carbonyl (C=O) groups is 1. The molecule has 0 aliphatic rings. The molecule has 0 saturated heterocycles. The average molecular weight is 298 g/mol. The highest BCUT2D eigenvalue weighted by Gasteiger charge is 2.21. The first-order valence-corrected chi connectivity index (χ1v) is 7.65. The molecule has 8 heteroatoms. The van der Waals surface area contributed by atoms with Gasteiger partial charge in [-0.1, -0.05) is 6.92 Å². The highest BCUT2D eigenvalue weighted by molar-refractivity contribution is 7.98. The Morgan fingerprint density at radius 2 is 2.25 bits per heavy atom. The van der Waals surface area contributed by atoms with E-state index in [0.717, 1.165) is 18.4 Å². The molecule has 0 aliphatic heterocycles. The van der Waals surface area contributed by atoms with Crippen LogP contribution in [0.1, 0.15) is 23.7 Å². The van der Waals surface area contributed by atoms with Crippen LogP contribution in [-0.2, 0) is 0 Å². The van der Waals surface area contributed by atoms with E-state index >= 15 is 0 Å². The largest absolute Gasteiger partial charge is 0.370 e. The summed E-state index contributed by atoms with van der Waals surface area (Å²) in [5, 5.41) is 16.6. The third kappa shape index (κ3) is 4.69. The van der Waals surface area contributed by atoms with E-state index in [0.29, 0.717) is 18.9 Å². The Labute approximate surface area is 121 Å². The normalized spacial score (nSPS) is 10.1. The van der Waals surface area contributed by atoms with Crippen molar-refractivity contribution in [2.24, 2.45) is 0 Å². The van der Waals surface area contributed by atoms with Gasteiger partial charge >= 0.3 is 0 Å². The van der Waals surface area contributed by atoms with E-state index in [1.54, 1.807) is 11.8 Å². The van der Waals surface area contributed by atoms with Crippen molar-refractivity contribution in [2.75, 3.05) is 30.4 Å². The lowest BCUT2D eigenvalue weighted by atomic mass is 10.2. The van der Waals surface area contributed by atoms with Crippen LogP contribution in [0.3, 0.4) is 0 Å². The summed E-state index contributed by atoms with van der Waals surface area (Å²) in [4.78, 5) is 26.3. The van der Waals surface area contributed by atoms with Gasteiger partial charge in [0.1, 0.15) is 17.6 Å². The second kappa shape index (κ2) is 8.36. The molecule has 1 amide bonds. The molecule has 0 spiro atoms.